The lowest BCUT2D eigenvalue weighted by Crippen LogP contribution is -2.47. The fourth-order valence-electron chi connectivity index (χ4n) is 4.81. The van der Waals surface area contributed by atoms with Gasteiger partial charge < -0.3 is 19.3 Å². The number of aromatic nitrogens is 2. The molecule has 220 valence electrons. The van der Waals surface area contributed by atoms with Crippen LogP contribution < -0.4 is 10.3 Å². The van der Waals surface area contributed by atoms with Crippen molar-refractivity contribution >= 4 is 29.7 Å². The van der Waals surface area contributed by atoms with Crippen LogP contribution in [-0.4, -0.2) is 103 Å². The second-order valence-electron chi connectivity index (χ2n) is 9.50. The van der Waals surface area contributed by atoms with E-state index in [1.807, 2.05) is 0 Å². The monoisotopic (exact) mass is 579 g/mol. The molecule has 1 aromatic heterocycles. The number of hydrazone groups is 1. The van der Waals surface area contributed by atoms with Crippen molar-refractivity contribution in [2.75, 3.05) is 44.9 Å². The molecule has 17 heteroatoms. The molecule has 2 saturated heterocycles. The lowest BCUT2D eigenvalue weighted by molar-refractivity contribution is -0.168. The molecule has 1 unspecified atom stereocenters. The molecule has 0 bridgehead atoms. The Morgan fingerprint density at radius 2 is 1.73 bits per heavy atom. The van der Waals surface area contributed by atoms with E-state index in [2.05, 4.69) is 20.1 Å². The standard InChI is InChI=1S/C23H27F6N7O4/c1-39-11-14(33-16-10-32-34-19(37)18(16)23(27,28)29)12-40-17-4-7-36(20(17)38)15-2-5-35(6-3-15)21-30-8-13(9-31-21)22(24,25)26/h8-10,14-15,17-18H,2-7,11-12H2,1H3,(H,34,37)/t14-,17-,18?/m0/s1. The number of methoxy groups -OCH3 is 1. The highest BCUT2D eigenvalue weighted by molar-refractivity contribution is 6.37. The molecule has 3 atom stereocenters. The van der Waals surface area contributed by atoms with Gasteiger partial charge in [-0.3, -0.25) is 14.6 Å². The summed E-state index contributed by atoms with van der Waals surface area (Å²) >= 11 is 0. The van der Waals surface area contributed by atoms with E-state index in [1.54, 1.807) is 15.2 Å². The van der Waals surface area contributed by atoms with Gasteiger partial charge in [-0.15, -0.1) is 0 Å². The fourth-order valence-corrected chi connectivity index (χ4v) is 4.81. The van der Waals surface area contributed by atoms with E-state index in [-0.39, 0.29) is 31.1 Å². The summed E-state index contributed by atoms with van der Waals surface area (Å²) in [6.07, 6.45) is -6.46. The summed E-state index contributed by atoms with van der Waals surface area (Å²) in [4.78, 5) is 39.9. The number of amides is 2. The lowest BCUT2D eigenvalue weighted by Gasteiger charge is -2.36. The van der Waals surface area contributed by atoms with Crippen LogP contribution in [-0.2, 0) is 25.2 Å². The average molecular weight is 580 g/mol. The number of nitrogens with one attached hydrogen (secondary N) is 1. The van der Waals surface area contributed by atoms with E-state index >= 15 is 0 Å². The zero-order valence-electron chi connectivity index (χ0n) is 21.3. The van der Waals surface area contributed by atoms with Crippen LogP contribution in [0.5, 0.6) is 0 Å². The minimum Gasteiger partial charge on any atom is -0.382 e. The number of likely N-dealkylation sites (tertiary alicyclic amines) is 1. The van der Waals surface area contributed by atoms with Crippen molar-refractivity contribution in [3.8, 4) is 0 Å². The summed E-state index contributed by atoms with van der Waals surface area (Å²) in [6.45, 7) is 0.962. The highest BCUT2D eigenvalue weighted by Gasteiger charge is 2.49. The van der Waals surface area contributed by atoms with Gasteiger partial charge in [-0.25, -0.2) is 15.4 Å². The molecule has 3 aliphatic rings. The van der Waals surface area contributed by atoms with Gasteiger partial charge in [0.15, 0.2) is 5.92 Å². The number of nitrogens with zero attached hydrogens (tertiary/aromatic N) is 6. The molecule has 3 aliphatic heterocycles. The Hall–Kier alpha value is -3.34. The first kappa shape index (κ1) is 29.6. The van der Waals surface area contributed by atoms with Gasteiger partial charge in [0.05, 0.1) is 36.7 Å². The second-order valence-corrected chi connectivity index (χ2v) is 9.50. The van der Waals surface area contributed by atoms with Crippen molar-refractivity contribution < 1.29 is 45.4 Å². The van der Waals surface area contributed by atoms with Crippen molar-refractivity contribution in [1.29, 1.82) is 0 Å². The maximum absolute atomic E-state index is 13.4. The molecule has 4 rings (SSSR count). The minimum absolute atomic E-state index is 0.112. The Kier molecular flexibility index (Phi) is 8.92. The summed E-state index contributed by atoms with van der Waals surface area (Å²) in [6, 6.07) is -1.04. The molecule has 4 heterocycles. The predicted octanol–water partition coefficient (Wildman–Crippen LogP) is 1.83. The molecule has 0 saturated carbocycles. The Labute approximate surface area is 224 Å². The van der Waals surface area contributed by atoms with Crippen LogP contribution in [0.4, 0.5) is 32.3 Å². The number of ether oxygens (including phenoxy) is 2. The zero-order valence-corrected chi connectivity index (χ0v) is 21.3. The Morgan fingerprint density at radius 1 is 1.05 bits per heavy atom. The van der Waals surface area contributed by atoms with Crippen molar-refractivity contribution in [1.82, 2.24) is 20.3 Å². The lowest BCUT2D eigenvalue weighted by atomic mass is 10.0. The van der Waals surface area contributed by atoms with E-state index < -0.39 is 47.6 Å². The molecule has 40 heavy (non-hydrogen) atoms. The van der Waals surface area contributed by atoms with Crippen LogP contribution in [0, 0.1) is 5.92 Å². The molecule has 0 aliphatic carbocycles. The van der Waals surface area contributed by atoms with E-state index in [0.29, 0.717) is 38.9 Å². The van der Waals surface area contributed by atoms with Gasteiger partial charge in [-0.2, -0.15) is 31.4 Å². The first-order chi connectivity index (χ1) is 18.9. The van der Waals surface area contributed by atoms with Gasteiger partial charge in [-0.05, 0) is 12.8 Å². The van der Waals surface area contributed by atoms with Crippen LogP contribution in [0.15, 0.2) is 22.5 Å². The summed E-state index contributed by atoms with van der Waals surface area (Å²) in [5.41, 5.74) is 0.266. The number of hydrogen-bond donors (Lipinski definition) is 1. The molecule has 2 amide bonds. The molecule has 1 N–H and O–H groups in total. The molecular weight excluding hydrogens is 552 g/mol. The number of halogens is 6. The minimum atomic E-state index is -4.87. The van der Waals surface area contributed by atoms with E-state index in [9.17, 15) is 35.9 Å². The number of piperidine rings is 1. The van der Waals surface area contributed by atoms with Gasteiger partial charge in [0, 0.05) is 51.6 Å². The number of alkyl halides is 6. The Bertz CT molecular complexity index is 1120. The van der Waals surface area contributed by atoms with Gasteiger partial charge in [0.2, 0.25) is 5.95 Å². The molecule has 0 spiro atoms. The quantitative estimate of drug-likeness (QED) is 0.467. The van der Waals surface area contributed by atoms with Gasteiger partial charge in [-0.1, -0.05) is 0 Å². The predicted molar refractivity (Wildman–Crippen MR) is 128 cm³/mol. The average Bonchev–Trinajstić information content (AvgIpc) is 3.26. The number of carbonyl (C=O) groups excluding carboxylic acids is 2. The van der Waals surface area contributed by atoms with Gasteiger partial charge in [0.25, 0.3) is 11.8 Å². The topological polar surface area (TPSA) is 122 Å². The highest BCUT2D eigenvalue weighted by atomic mass is 19.4. The van der Waals surface area contributed by atoms with E-state index in [4.69, 9.17) is 9.47 Å². The van der Waals surface area contributed by atoms with Crippen molar-refractivity contribution in [3.05, 3.63) is 18.0 Å². The third kappa shape index (κ3) is 6.86. The second kappa shape index (κ2) is 12.0. The number of anilines is 1. The molecule has 1 aromatic rings. The smallest absolute Gasteiger partial charge is 0.382 e. The Morgan fingerprint density at radius 3 is 2.33 bits per heavy atom. The maximum Gasteiger partial charge on any atom is 0.419 e. The largest absolute Gasteiger partial charge is 0.419 e. The van der Waals surface area contributed by atoms with Crippen LogP contribution in [0.1, 0.15) is 24.8 Å². The summed E-state index contributed by atoms with van der Waals surface area (Å²) in [7, 11) is 1.33. The molecule has 2 fully saturated rings. The number of carbonyl (C=O) groups is 2. The summed E-state index contributed by atoms with van der Waals surface area (Å²) < 4.78 is 89.2. The third-order valence-corrected chi connectivity index (χ3v) is 6.78. The van der Waals surface area contributed by atoms with Crippen molar-refractivity contribution in [2.45, 2.75) is 49.8 Å². The van der Waals surface area contributed by atoms with Crippen LogP contribution in [0.3, 0.4) is 0 Å². The Balaban J connectivity index is 1.31. The molecule has 0 aromatic carbocycles. The van der Waals surface area contributed by atoms with Gasteiger partial charge in [0.1, 0.15) is 6.10 Å². The first-order valence-electron chi connectivity index (χ1n) is 12.4. The summed E-state index contributed by atoms with van der Waals surface area (Å²) in [5.74, 6) is -3.91. The van der Waals surface area contributed by atoms with Gasteiger partial charge >= 0.3 is 12.4 Å². The SMILES string of the molecule is COC[C@@H](CO[C@H]1CCN(C2CCN(c3ncc(C(F)(F)F)cn3)CC2)C1=O)N=C1C=NNC(=O)C1C(F)(F)F. The van der Waals surface area contributed by atoms with Crippen LogP contribution in [0.2, 0.25) is 0 Å². The zero-order chi connectivity index (χ0) is 29.1. The molecule has 11 nitrogen and oxygen atoms in total. The summed E-state index contributed by atoms with van der Waals surface area (Å²) in [5, 5.41) is 3.41. The van der Waals surface area contributed by atoms with Crippen molar-refractivity contribution in [2.24, 2.45) is 16.0 Å². The van der Waals surface area contributed by atoms with E-state index in [0.717, 1.165) is 18.6 Å². The first-order valence-corrected chi connectivity index (χ1v) is 12.4. The van der Waals surface area contributed by atoms with E-state index in [1.165, 1.54) is 7.11 Å². The number of aliphatic imine (C=N–C) groups is 1. The highest BCUT2D eigenvalue weighted by Crippen LogP contribution is 2.31. The number of hydrogen-bond acceptors (Lipinski definition) is 9. The maximum atomic E-state index is 13.4. The van der Waals surface area contributed by atoms with Crippen LogP contribution in [0.25, 0.3) is 0 Å². The fraction of sp³-hybridized carbons (Fsp3) is 0.652. The van der Waals surface area contributed by atoms with Crippen LogP contribution >= 0.6 is 0 Å². The third-order valence-electron chi connectivity index (χ3n) is 6.78. The number of rotatable bonds is 8. The molecular formula is C23H27F6N7O4. The van der Waals surface area contributed by atoms with Crippen molar-refractivity contribution in [3.63, 3.8) is 0 Å². The molecule has 0 radical (unpaired) electrons. The normalized spacial score (nSPS) is 24.6.